The van der Waals surface area contributed by atoms with Crippen molar-refractivity contribution in [2.45, 2.75) is 25.5 Å². The van der Waals surface area contributed by atoms with Crippen LogP contribution in [0.15, 0.2) is 47.5 Å². The van der Waals surface area contributed by atoms with Gasteiger partial charge >= 0.3 is 0 Å². The highest BCUT2D eigenvalue weighted by Gasteiger charge is 2.39. The van der Waals surface area contributed by atoms with Crippen molar-refractivity contribution >= 4 is 51.7 Å². The molecule has 158 valence electrons. The van der Waals surface area contributed by atoms with Gasteiger partial charge in [-0.2, -0.15) is 0 Å². The number of benzene rings is 2. The molecule has 1 saturated heterocycles. The quantitative estimate of drug-likeness (QED) is 0.678. The molecule has 6 nitrogen and oxygen atoms in total. The van der Waals surface area contributed by atoms with Crippen molar-refractivity contribution in [3.8, 4) is 0 Å². The maximum atomic E-state index is 12.9. The summed E-state index contributed by atoms with van der Waals surface area (Å²) in [4.78, 5) is 31.7. The van der Waals surface area contributed by atoms with Gasteiger partial charge in [-0.3, -0.25) is 14.5 Å². The Morgan fingerprint density at radius 3 is 2.60 bits per heavy atom. The average Bonchev–Trinajstić information content (AvgIpc) is 2.99. The highest BCUT2D eigenvalue weighted by atomic mass is 35.5. The topological polar surface area (TPSA) is 71.0 Å². The maximum Gasteiger partial charge on any atom is 0.242 e. The molecule has 1 heterocycles. The fourth-order valence-electron chi connectivity index (χ4n) is 2.93. The molecule has 1 N–H and O–H groups in total. The van der Waals surface area contributed by atoms with Crippen LogP contribution in [0.1, 0.15) is 17.5 Å². The van der Waals surface area contributed by atoms with Gasteiger partial charge in [0.2, 0.25) is 11.8 Å². The predicted molar refractivity (Wildman–Crippen MR) is 123 cm³/mol. The van der Waals surface area contributed by atoms with Gasteiger partial charge in [-0.15, -0.1) is 0 Å². The summed E-state index contributed by atoms with van der Waals surface area (Å²) < 4.78 is 5.14. The minimum absolute atomic E-state index is 0.0571. The van der Waals surface area contributed by atoms with E-state index < -0.39 is 5.25 Å². The molecule has 1 aliphatic rings. The molecule has 30 heavy (non-hydrogen) atoms. The van der Waals surface area contributed by atoms with Crippen LogP contribution in [-0.2, 0) is 14.3 Å². The Balaban J connectivity index is 1.74. The van der Waals surface area contributed by atoms with Crippen molar-refractivity contribution in [2.75, 3.05) is 25.6 Å². The summed E-state index contributed by atoms with van der Waals surface area (Å²) in [6.45, 7) is 4.85. The Bertz CT molecular complexity index is 963. The van der Waals surface area contributed by atoms with Gasteiger partial charge in [-0.25, -0.2) is 4.99 Å². The third-order valence-electron chi connectivity index (χ3n) is 4.75. The monoisotopic (exact) mass is 445 g/mol. The number of carbonyl (C=O) groups is 2. The van der Waals surface area contributed by atoms with E-state index in [-0.39, 0.29) is 18.2 Å². The summed E-state index contributed by atoms with van der Waals surface area (Å²) in [7, 11) is 1.59. The van der Waals surface area contributed by atoms with Crippen LogP contribution in [-0.4, -0.2) is 47.4 Å². The van der Waals surface area contributed by atoms with Crippen molar-refractivity contribution < 1.29 is 14.3 Å². The van der Waals surface area contributed by atoms with Crippen LogP contribution in [0.25, 0.3) is 0 Å². The smallest absolute Gasteiger partial charge is 0.242 e. The summed E-state index contributed by atoms with van der Waals surface area (Å²) in [5.74, 6) is -0.367. The van der Waals surface area contributed by atoms with E-state index in [1.807, 2.05) is 32.0 Å². The first-order valence-corrected chi connectivity index (χ1v) is 10.8. The SMILES string of the molecule is COCCN1C(=O)C(CC(=O)Nc2ccc(Cl)cc2)SC1=Nc1ccc(C)c(C)c1. The van der Waals surface area contributed by atoms with Gasteiger partial charge in [0.25, 0.3) is 0 Å². The Kier molecular flexibility index (Phi) is 7.53. The minimum atomic E-state index is -0.528. The second kappa shape index (κ2) is 10.1. The van der Waals surface area contributed by atoms with E-state index in [1.165, 1.54) is 17.3 Å². The molecule has 0 bridgehead atoms. The van der Waals surface area contributed by atoms with Crippen molar-refractivity contribution in [3.05, 3.63) is 58.6 Å². The third kappa shape index (κ3) is 5.62. The summed E-state index contributed by atoms with van der Waals surface area (Å²) in [5, 5.41) is 3.46. The maximum absolute atomic E-state index is 12.9. The number of carbonyl (C=O) groups excluding carboxylic acids is 2. The number of hydrogen-bond donors (Lipinski definition) is 1. The number of hydrogen-bond acceptors (Lipinski definition) is 5. The number of anilines is 1. The molecule has 0 aromatic heterocycles. The van der Waals surface area contributed by atoms with E-state index in [9.17, 15) is 9.59 Å². The molecular formula is C22H24ClN3O3S. The number of methoxy groups -OCH3 is 1. The van der Waals surface area contributed by atoms with Gasteiger partial charge in [0.15, 0.2) is 5.17 Å². The molecule has 1 fully saturated rings. The number of ether oxygens (including phenoxy) is 1. The van der Waals surface area contributed by atoms with Gasteiger partial charge in [0, 0.05) is 24.2 Å². The van der Waals surface area contributed by atoms with Crippen LogP contribution in [0.4, 0.5) is 11.4 Å². The van der Waals surface area contributed by atoms with Crippen LogP contribution in [0, 0.1) is 13.8 Å². The summed E-state index contributed by atoms with van der Waals surface area (Å²) in [6.07, 6.45) is 0.0571. The van der Waals surface area contributed by atoms with Gasteiger partial charge in [-0.05, 0) is 61.4 Å². The molecular weight excluding hydrogens is 422 g/mol. The molecule has 3 rings (SSSR count). The highest BCUT2D eigenvalue weighted by molar-refractivity contribution is 8.15. The number of thioether (sulfide) groups is 1. The Morgan fingerprint density at radius 2 is 1.93 bits per heavy atom. The largest absolute Gasteiger partial charge is 0.383 e. The van der Waals surface area contributed by atoms with Gasteiger partial charge in [0.1, 0.15) is 5.25 Å². The lowest BCUT2D eigenvalue weighted by atomic mass is 10.1. The molecule has 1 unspecified atom stereocenters. The standard InChI is InChI=1S/C22H24ClN3O3S/c1-14-4-7-18(12-15(14)2)25-22-26(10-11-29-3)21(28)19(30-22)13-20(27)24-17-8-5-16(23)6-9-17/h4-9,12,19H,10-11,13H2,1-3H3,(H,24,27). The van der Waals surface area contributed by atoms with Crippen LogP contribution in [0.2, 0.25) is 5.02 Å². The highest BCUT2D eigenvalue weighted by Crippen LogP contribution is 2.32. The lowest BCUT2D eigenvalue weighted by Gasteiger charge is -2.16. The van der Waals surface area contributed by atoms with Crippen LogP contribution >= 0.6 is 23.4 Å². The van der Waals surface area contributed by atoms with Crippen LogP contribution in [0.3, 0.4) is 0 Å². The number of halogens is 1. The van der Waals surface area contributed by atoms with E-state index in [4.69, 9.17) is 16.3 Å². The zero-order valence-corrected chi connectivity index (χ0v) is 18.7. The van der Waals surface area contributed by atoms with E-state index in [0.29, 0.717) is 29.0 Å². The first-order chi connectivity index (χ1) is 14.4. The minimum Gasteiger partial charge on any atom is -0.383 e. The summed E-state index contributed by atoms with van der Waals surface area (Å²) in [6, 6.07) is 12.8. The summed E-state index contributed by atoms with van der Waals surface area (Å²) in [5.41, 5.74) is 3.73. The lowest BCUT2D eigenvalue weighted by molar-refractivity contribution is -0.128. The zero-order valence-electron chi connectivity index (χ0n) is 17.1. The molecule has 8 heteroatoms. The van der Waals surface area contributed by atoms with E-state index in [0.717, 1.165) is 11.3 Å². The second-order valence-corrected chi connectivity index (χ2v) is 8.62. The second-order valence-electron chi connectivity index (χ2n) is 7.01. The molecule has 0 radical (unpaired) electrons. The van der Waals surface area contributed by atoms with Crippen molar-refractivity contribution in [2.24, 2.45) is 4.99 Å². The Morgan fingerprint density at radius 1 is 1.20 bits per heavy atom. The van der Waals surface area contributed by atoms with Crippen molar-refractivity contribution in [1.82, 2.24) is 4.90 Å². The first-order valence-electron chi connectivity index (χ1n) is 9.55. The van der Waals surface area contributed by atoms with Gasteiger partial charge in [-0.1, -0.05) is 29.4 Å². The molecule has 0 spiro atoms. The number of aryl methyl sites for hydroxylation is 2. The zero-order chi connectivity index (χ0) is 21.7. The normalized spacial score (nSPS) is 17.6. The van der Waals surface area contributed by atoms with Crippen LogP contribution < -0.4 is 5.32 Å². The molecule has 0 aliphatic carbocycles. The number of aliphatic imine (C=N–C) groups is 1. The van der Waals surface area contributed by atoms with Crippen molar-refractivity contribution in [1.29, 1.82) is 0 Å². The Labute approximate surface area is 185 Å². The number of nitrogens with one attached hydrogen (secondary N) is 1. The fourth-order valence-corrected chi connectivity index (χ4v) is 4.24. The predicted octanol–water partition coefficient (Wildman–Crippen LogP) is 4.56. The molecule has 2 aromatic carbocycles. The first kappa shape index (κ1) is 22.3. The van der Waals surface area contributed by atoms with E-state index >= 15 is 0 Å². The van der Waals surface area contributed by atoms with Gasteiger partial charge < -0.3 is 10.1 Å². The molecule has 1 atom stereocenters. The van der Waals surface area contributed by atoms with Crippen LogP contribution in [0.5, 0.6) is 0 Å². The molecule has 2 amide bonds. The van der Waals surface area contributed by atoms with Gasteiger partial charge in [0.05, 0.1) is 18.8 Å². The number of rotatable bonds is 7. The molecule has 0 saturated carbocycles. The lowest BCUT2D eigenvalue weighted by Crippen LogP contribution is -2.35. The third-order valence-corrected chi connectivity index (χ3v) is 6.18. The average molecular weight is 446 g/mol. The van der Waals surface area contributed by atoms with E-state index in [1.54, 1.807) is 36.3 Å². The number of amidine groups is 1. The summed E-state index contributed by atoms with van der Waals surface area (Å²) >= 11 is 7.19. The number of nitrogens with zero attached hydrogens (tertiary/aromatic N) is 2. The number of amides is 2. The van der Waals surface area contributed by atoms with E-state index in [2.05, 4.69) is 10.3 Å². The van der Waals surface area contributed by atoms with Crippen molar-refractivity contribution in [3.63, 3.8) is 0 Å². The fraction of sp³-hybridized carbons (Fsp3) is 0.318. The Hall–Kier alpha value is -2.35. The molecule has 1 aliphatic heterocycles. The molecule has 2 aromatic rings.